The molecule has 1 aliphatic carbocycles. The maximum absolute atomic E-state index is 12.9. The van der Waals surface area contributed by atoms with Crippen LogP contribution in [0.15, 0.2) is 24.3 Å². The molecule has 0 bridgehead atoms. The molecule has 24 heavy (non-hydrogen) atoms. The topological polar surface area (TPSA) is 55.1 Å². The van der Waals surface area contributed by atoms with Crippen molar-refractivity contribution < 1.29 is 13.2 Å². The molecule has 124 valence electrons. The van der Waals surface area contributed by atoms with Crippen LogP contribution in [0.25, 0.3) is 5.78 Å². The second-order valence-electron chi connectivity index (χ2n) is 5.81. The quantitative estimate of drug-likeness (QED) is 0.777. The van der Waals surface area contributed by atoms with Gasteiger partial charge in [-0.25, -0.2) is 4.98 Å². The highest BCUT2D eigenvalue weighted by Gasteiger charge is 2.30. The first-order valence-corrected chi connectivity index (χ1v) is 7.61. The Morgan fingerprint density at radius 2 is 2.00 bits per heavy atom. The highest BCUT2D eigenvalue weighted by atomic mass is 19.4. The van der Waals surface area contributed by atoms with Crippen LogP contribution in [0.2, 0.25) is 0 Å². The molecule has 0 radical (unpaired) electrons. The lowest BCUT2D eigenvalue weighted by atomic mass is 10.2. The summed E-state index contributed by atoms with van der Waals surface area (Å²) in [7, 11) is 0. The van der Waals surface area contributed by atoms with Crippen LogP contribution < -0.4 is 5.32 Å². The van der Waals surface area contributed by atoms with Gasteiger partial charge in [0, 0.05) is 11.3 Å². The Labute approximate surface area is 135 Å². The van der Waals surface area contributed by atoms with E-state index >= 15 is 0 Å². The Morgan fingerprint density at radius 1 is 1.17 bits per heavy atom. The summed E-state index contributed by atoms with van der Waals surface area (Å²) in [6, 6.07) is 5.14. The molecule has 5 nitrogen and oxygen atoms in total. The van der Waals surface area contributed by atoms with Gasteiger partial charge >= 0.3 is 6.18 Å². The molecule has 0 spiro atoms. The lowest BCUT2D eigenvalue weighted by Gasteiger charge is -2.14. The predicted molar refractivity (Wildman–Crippen MR) is 82.3 cm³/mol. The van der Waals surface area contributed by atoms with E-state index in [9.17, 15) is 13.2 Å². The van der Waals surface area contributed by atoms with Gasteiger partial charge in [-0.2, -0.15) is 22.7 Å². The standard InChI is InChI=1S/C16H14F3N5/c1-9-20-15-22-13-7-3-6-12(13)14(24(15)23-9)21-11-5-2-4-10(8-11)16(17,18)19/h2,4-5,8,21H,3,6-7H2,1H3. The van der Waals surface area contributed by atoms with Crippen LogP contribution in [-0.4, -0.2) is 19.6 Å². The van der Waals surface area contributed by atoms with Gasteiger partial charge in [0.25, 0.3) is 5.78 Å². The van der Waals surface area contributed by atoms with Crippen molar-refractivity contribution in [2.24, 2.45) is 0 Å². The van der Waals surface area contributed by atoms with E-state index in [1.807, 2.05) is 0 Å². The summed E-state index contributed by atoms with van der Waals surface area (Å²) in [5.74, 6) is 1.67. The third-order valence-corrected chi connectivity index (χ3v) is 4.07. The summed E-state index contributed by atoms with van der Waals surface area (Å²) >= 11 is 0. The number of nitrogens with zero attached hydrogens (tertiary/aromatic N) is 4. The molecule has 0 aliphatic heterocycles. The maximum Gasteiger partial charge on any atom is 0.416 e. The van der Waals surface area contributed by atoms with Crippen LogP contribution in [0.5, 0.6) is 0 Å². The minimum atomic E-state index is -4.38. The first-order chi connectivity index (χ1) is 11.4. The normalized spacial score (nSPS) is 14.2. The van der Waals surface area contributed by atoms with Crippen LogP contribution in [0, 0.1) is 6.92 Å². The average Bonchev–Trinajstić information content (AvgIpc) is 3.12. The van der Waals surface area contributed by atoms with E-state index in [0.29, 0.717) is 23.1 Å². The zero-order chi connectivity index (χ0) is 16.9. The van der Waals surface area contributed by atoms with Crippen molar-refractivity contribution in [2.75, 3.05) is 5.32 Å². The molecule has 0 atom stereocenters. The number of nitrogens with one attached hydrogen (secondary N) is 1. The van der Waals surface area contributed by atoms with Crippen molar-refractivity contribution in [3.05, 3.63) is 46.9 Å². The van der Waals surface area contributed by atoms with Crippen LogP contribution in [0.3, 0.4) is 0 Å². The van der Waals surface area contributed by atoms with Crippen molar-refractivity contribution in [3.8, 4) is 0 Å². The van der Waals surface area contributed by atoms with Gasteiger partial charge in [-0.1, -0.05) is 6.07 Å². The molecule has 0 fully saturated rings. The fourth-order valence-corrected chi connectivity index (χ4v) is 3.02. The minimum Gasteiger partial charge on any atom is -0.340 e. The Kier molecular flexibility index (Phi) is 3.22. The van der Waals surface area contributed by atoms with E-state index < -0.39 is 11.7 Å². The second kappa shape index (κ2) is 5.19. The molecular weight excluding hydrogens is 319 g/mol. The largest absolute Gasteiger partial charge is 0.416 e. The van der Waals surface area contributed by atoms with Crippen molar-refractivity contribution in [3.63, 3.8) is 0 Å². The van der Waals surface area contributed by atoms with E-state index in [1.165, 1.54) is 6.07 Å². The Hall–Kier alpha value is -2.64. The maximum atomic E-state index is 12.9. The number of aromatic nitrogens is 4. The van der Waals surface area contributed by atoms with Crippen molar-refractivity contribution in [1.29, 1.82) is 0 Å². The monoisotopic (exact) mass is 333 g/mol. The zero-order valence-electron chi connectivity index (χ0n) is 12.9. The molecule has 0 saturated heterocycles. The van der Waals surface area contributed by atoms with E-state index in [0.717, 1.165) is 42.7 Å². The Morgan fingerprint density at radius 3 is 2.79 bits per heavy atom. The van der Waals surface area contributed by atoms with E-state index in [4.69, 9.17) is 0 Å². The van der Waals surface area contributed by atoms with Gasteiger partial charge in [0.1, 0.15) is 11.6 Å². The highest BCUT2D eigenvalue weighted by molar-refractivity contribution is 5.64. The number of aryl methyl sites for hydroxylation is 2. The molecule has 4 rings (SSSR count). The predicted octanol–water partition coefficient (Wildman–Crippen LogP) is 3.68. The van der Waals surface area contributed by atoms with Crippen LogP contribution in [0.4, 0.5) is 24.7 Å². The van der Waals surface area contributed by atoms with Gasteiger partial charge in [0.15, 0.2) is 0 Å². The fraction of sp³-hybridized carbons (Fsp3) is 0.312. The lowest BCUT2D eigenvalue weighted by Crippen LogP contribution is -2.09. The van der Waals surface area contributed by atoms with E-state index in [2.05, 4.69) is 20.4 Å². The summed E-state index contributed by atoms with van der Waals surface area (Å²) < 4.78 is 40.3. The summed E-state index contributed by atoms with van der Waals surface area (Å²) in [4.78, 5) is 8.78. The molecule has 2 heterocycles. The number of anilines is 2. The van der Waals surface area contributed by atoms with Crippen molar-refractivity contribution in [2.45, 2.75) is 32.4 Å². The second-order valence-corrected chi connectivity index (χ2v) is 5.81. The molecule has 2 aromatic heterocycles. The molecule has 1 N–H and O–H groups in total. The molecule has 1 aromatic carbocycles. The lowest BCUT2D eigenvalue weighted by molar-refractivity contribution is -0.137. The first kappa shape index (κ1) is 14.9. The SMILES string of the molecule is Cc1nc2nc3c(c(Nc4cccc(C(F)(F)F)c4)n2n1)CCC3. The van der Waals surface area contributed by atoms with E-state index in [1.54, 1.807) is 17.5 Å². The summed E-state index contributed by atoms with van der Waals surface area (Å²) in [5, 5.41) is 7.41. The van der Waals surface area contributed by atoms with Crippen molar-refractivity contribution >= 4 is 17.3 Å². The highest BCUT2D eigenvalue weighted by Crippen LogP contribution is 2.33. The molecular formula is C16H14F3N5. The Bertz CT molecular complexity index is 929. The molecule has 0 amide bonds. The zero-order valence-corrected chi connectivity index (χ0v) is 12.9. The molecule has 8 heteroatoms. The number of hydrogen-bond acceptors (Lipinski definition) is 4. The van der Waals surface area contributed by atoms with Gasteiger partial charge in [-0.15, -0.1) is 5.10 Å². The number of benzene rings is 1. The van der Waals surface area contributed by atoms with Gasteiger partial charge < -0.3 is 5.32 Å². The number of rotatable bonds is 2. The third kappa shape index (κ3) is 2.47. The van der Waals surface area contributed by atoms with Gasteiger partial charge in [0.05, 0.1) is 11.3 Å². The molecule has 1 aliphatic rings. The smallest absolute Gasteiger partial charge is 0.340 e. The fourth-order valence-electron chi connectivity index (χ4n) is 3.02. The van der Waals surface area contributed by atoms with Gasteiger partial charge in [0.2, 0.25) is 0 Å². The minimum absolute atomic E-state index is 0.361. The van der Waals surface area contributed by atoms with Crippen LogP contribution >= 0.6 is 0 Å². The van der Waals surface area contributed by atoms with Crippen molar-refractivity contribution in [1.82, 2.24) is 19.6 Å². The third-order valence-electron chi connectivity index (χ3n) is 4.07. The van der Waals surface area contributed by atoms with E-state index in [-0.39, 0.29) is 0 Å². The summed E-state index contributed by atoms with van der Waals surface area (Å²) in [6.07, 6.45) is -1.75. The Balaban J connectivity index is 1.83. The summed E-state index contributed by atoms with van der Waals surface area (Å²) in [6.45, 7) is 1.76. The number of fused-ring (bicyclic) bond motifs is 2. The summed E-state index contributed by atoms with van der Waals surface area (Å²) in [5.41, 5.74) is 1.60. The number of halogens is 3. The van der Waals surface area contributed by atoms with Gasteiger partial charge in [-0.3, -0.25) is 0 Å². The van der Waals surface area contributed by atoms with Crippen LogP contribution in [-0.2, 0) is 19.0 Å². The van der Waals surface area contributed by atoms with Gasteiger partial charge in [-0.05, 0) is 44.4 Å². The first-order valence-electron chi connectivity index (χ1n) is 7.61. The number of hydrogen-bond donors (Lipinski definition) is 1. The molecule has 0 unspecified atom stereocenters. The molecule has 3 aromatic rings. The van der Waals surface area contributed by atoms with Crippen LogP contribution in [0.1, 0.15) is 29.1 Å². The number of alkyl halides is 3. The molecule has 0 saturated carbocycles. The average molecular weight is 333 g/mol.